The van der Waals surface area contributed by atoms with Crippen molar-refractivity contribution >= 4 is 27.7 Å². The quantitative estimate of drug-likeness (QED) is 0.919. The van der Waals surface area contributed by atoms with Gasteiger partial charge >= 0.3 is 0 Å². The first-order chi connectivity index (χ1) is 8.19. The lowest BCUT2D eigenvalue weighted by atomic mass is 10.2. The minimum atomic E-state index is -0.224. The highest BCUT2D eigenvalue weighted by atomic mass is 79.9. The van der Waals surface area contributed by atoms with E-state index in [1.54, 1.807) is 6.07 Å². The maximum atomic E-state index is 13.7. The number of benzene rings is 2. The van der Waals surface area contributed by atoms with Crippen LogP contribution in [0.2, 0.25) is 0 Å². The second-order valence-electron chi connectivity index (χ2n) is 3.53. The average molecular weight is 312 g/mol. The molecular formula is C13H11BrFNS. The highest BCUT2D eigenvalue weighted by molar-refractivity contribution is 9.10. The number of rotatable bonds is 3. The van der Waals surface area contributed by atoms with Crippen molar-refractivity contribution in [3.05, 3.63) is 58.3 Å². The van der Waals surface area contributed by atoms with Gasteiger partial charge in [-0.3, -0.25) is 0 Å². The Bertz CT molecular complexity index is 531. The van der Waals surface area contributed by atoms with Crippen molar-refractivity contribution in [1.82, 2.24) is 0 Å². The van der Waals surface area contributed by atoms with Crippen LogP contribution in [0.4, 0.5) is 4.39 Å². The Morgan fingerprint density at radius 2 is 2.00 bits per heavy atom. The fourth-order valence-electron chi connectivity index (χ4n) is 1.41. The van der Waals surface area contributed by atoms with Gasteiger partial charge in [0.05, 0.1) is 0 Å². The number of hydrogen-bond donors (Lipinski definition) is 1. The second kappa shape index (κ2) is 5.67. The molecule has 0 unspecified atom stereocenters. The van der Waals surface area contributed by atoms with Gasteiger partial charge in [-0.1, -0.05) is 39.8 Å². The van der Waals surface area contributed by atoms with Gasteiger partial charge in [-0.05, 0) is 35.9 Å². The molecule has 0 bridgehead atoms. The maximum absolute atomic E-state index is 13.7. The summed E-state index contributed by atoms with van der Waals surface area (Å²) in [5.41, 5.74) is 6.27. The van der Waals surface area contributed by atoms with E-state index in [0.717, 1.165) is 14.9 Å². The van der Waals surface area contributed by atoms with Crippen molar-refractivity contribution in [2.45, 2.75) is 16.3 Å². The summed E-state index contributed by atoms with van der Waals surface area (Å²) >= 11 is 4.79. The van der Waals surface area contributed by atoms with Crippen LogP contribution in [0.25, 0.3) is 0 Å². The zero-order valence-corrected chi connectivity index (χ0v) is 11.4. The summed E-state index contributed by atoms with van der Waals surface area (Å²) < 4.78 is 14.7. The number of nitrogens with two attached hydrogens (primary N) is 1. The van der Waals surface area contributed by atoms with Gasteiger partial charge in [0.25, 0.3) is 0 Å². The van der Waals surface area contributed by atoms with E-state index < -0.39 is 0 Å². The van der Waals surface area contributed by atoms with Crippen molar-refractivity contribution in [3.63, 3.8) is 0 Å². The zero-order valence-electron chi connectivity index (χ0n) is 8.99. The van der Waals surface area contributed by atoms with Crippen LogP contribution >= 0.6 is 27.7 Å². The largest absolute Gasteiger partial charge is 0.326 e. The van der Waals surface area contributed by atoms with E-state index >= 15 is 0 Å². The van der Waals surface area contributed by atoms with Crippen molar-refractivity contribution in [2.75, 3.05) is 0 Å². The molecule has 0 aliphatic heterocycles. The summed E-state index contributed by atoms with van der Waals surface area (Å²) in [6.45, 7) is 0.360. The highest BCUT2D eigenvalue weighted by Gasteiger charge is 2.05. The summed E-state index contributed by atoms with van der Waals surface area (Å²) in [5, 5.41) is 0. The predicted molar refractivity (Wildman–Crippen MR) is 72.6 cm³/mol. The Morgan fingerprint density at radius 1 is 1.18 bits per heavy atom. The van der Waals surface area contributed by atoms with Crippen LogP contribution in [0.5, 0.6) is 0 Å². The van der Waals surface area contributed by atoms with Gasteiger partial charge in [-0.2, -0.15) is 0 Å². The molecule has 4 heteroatoms. The fourth-order valence-corrected chi connectivity index (χ4v) is 2.84. The molecular weight excluding hydrogens is 301 g/mol. The predicted octanol–water partition coefficient (Wildman–Crippen LogP) is 4.20. The SMILES string of the molecule is NCc1ccc(Sc2cccc(Br)c2)c(F)c1. The van der Waals surface area contributed by atoms with Crippen LogP contribution in [0.15, 0.2) is 56.7 Å². The third-order valence-corrected chi connectivity index (χ3v) is 3.79. The Kier molecular flexibility index (Phi) is 4.20. The highest BCUT2D eigenvalue weighted by Crippen LogP contribution is 2.31. The average Bonchev–Trinajstić information content (AvgIpc) is 2.32. The first-order valence-electron chi connectivity index (χ1n) is 5.11. The molecule has 2 N–H and O–H groups in total. The molecule has 0 fully saturated rings. The van der Waals surface area contributed by atoms with Gasteiger partial charge in [0.2, 0.25) is 0 Å². The topological polar surface area (TPSA) is 26.0 Å². The third-order valence-electron chi connectivity index (χ3n) is 2.26. The van der Waals surface area contributed by atoms with E-state index in [9.17, 15) is 4.39 Å². The van der Waals surface area contributed by atoms with Gasteiger partial charge in [-0.15, -0.1) is 0 Å². The number of halogens is 2. The maximum Gasteiger partial charge on any atom is 0.137 e. The van der Waals surface area contributed by atoms with Crippen LogP contribution in [-0.4, -0.2) is 0 Å². The standard InChI is InChI=1S/C13H11BrFNS/c14-10-2-1-3-11(7-10)17-13-5-4-9(8-16)6-12(13)15/h1-7H,8,16H2. The molecule has 0 heterocycles. The molecule has 2 rings (SSSR count). The first-order valence-corrected chi connectivity index (χ1v) is 6.72. The zero-order chi connectivity index (χ0) is 12.3. The van der Waals surface area contributed by atoms with Crippen molar-refractivity contribution in [2.24, 2.45) is 5.73 Å². The van der Waals surface area contributed by atoms with Crippen LogP contribution in [-0.2, 0) is 6.54 Å². The van der Waals surface area contributed by atoms with E-state index in [1.807, 2.05) is 30.3 Å². The number of hydrogen-bond acceptors (Lipinski definition) is 2. The minimum absolute atomic E-state index is 0.224. The van der Waals surface area contributed by atoms with E-state index in [4.69, 9.17) is 5.73 Å². The Hall–Kier alpha value is -0.840. The van der Waals surface area contributed by atoms with E-state index in [2.05, 4.69) is 15.9 Å². The van der Waals surface area contributed by atoms with Gasteiger partial charge in [0, 0.05) is 20.8 Å². The molecule has 2 aromatic carbocycles. The lowest BCUT2D eigenvalue weighted by Gasteiger charge is -2.05. The van der Waals surface area contributed by atoms with Crippen LogP contribution in [0.3, 0.4) is 0 Å². The molecule has 0 radical (unpaired) electrons. The molecule has 0 aromatic heterocycles. The van der Waals surface area contributed by atoms with Crippen LogP contribution < -0.4 is 5.73 Å². The molecule has 0 spiro atoms. The van der Waals surface area contributed by atoms with E-state index in [-0.39, 0.29) is 5.82 Å². The van der Waals surface area contributed by atoms with Gasteiger partial charge in [0.15, 0.2) is 0 Å². The molecule has 88 valence electrons. The molecule has 0 saturated carbocycles. The van der Waals surface area contributed by atoms with Crippen molar-refractivity contribution in [3.8, 4) is 0 Å². The second-order valence-corrected chi connectivity index (χ2v) is 5.56. The lowest BCUT2D eigenvalue weighted by molar-refractivity contribution is 0.599. The summed E-state index contributed by atoms with van der Waals surface area (Å²) in [6, 6.07) is 12.9. The third kappa shape index (κ3) is 3.31. The van der Waals surface area contributed by atoms with Crippen LogP contribution in [0, 0.1) is 5.82 Å². The van der Waals surface area contributed by atoms with E-state index in [1.165, 1.54) is 17.8 Å². The fraction of sp³-hybridized carbons (Fsp3) is 0.0769. The molecule has 0 aliphatic rings. The monoisotopic (exact) mass is 311 g/mol. The molecule has 0 amide bonds. The first kappa shape index (κ1) is 12.6. The Morgan fingerprint density at radius 3 is 2.65 bits per heavy atom. The smallest absolute Gasteiger partial charge is 0.137 e. The lowest BCUT2D eigenvalue weighted by Crippen LogP contribution is -1.96. The van der Waals surface area contributed by atoms with Gasteiger partial charge in [-0.25, -0.2) is 4.39 Å². The Balaban J connectivity index is 2.24. The molecule has 0 atom stereocenters. The van der Waals surface area contributed by atoms with Crippen molar-refractivity contribution < 1.29 is 4.39 Å². The molecule has 0 saturated heterocycles. The summed E-state index contributed by atoms with van der Waals surface area (Å²) in [4.78, 5) is 1.61. The van der Waals surface area contributed by atoms with Gasteiger partial charge in [0.1, 0.15) is 5.82 Å². The summed E-state index contributed by atoms with van der Waals surface area (Å²) in [7, 11) is 0. The molecule has 1 nitrogen and oxygen atoms in total. The van der Waals surface area contributed by atoms with E-state index in [0.29, 0.717) is 11.4 Å². The molecule has 0 aliphatic carbocycles. The van der Waals surface area contributed by atoms with Gasteiger partial charge < -0.3 is 5.73 Å². The normalized spacial score (nSPS) is 10.5. The summed E-state index contributed by atoms with van der Waals surface area (Å²) in [5.74, 6) is -0.224. The summed E-state index contributed by atoms with van der Waals surface area (Å²) in [6.07, 6.45) is 0. The minimum Gasteiger partial charge on any atom is -0.326 e. The molecule has 2 aromatic rings. The van der Waals surface area contributed by atoms with Crippen LogP contribution in [0.1, 0.15) is 5.56 Å². The molecule has 17 heavy (non-hydrogen) atoms. The van der Waals surface area contributed by atoms with Crippen molar-refractivity contribution in [1.29, 1.82) is 0 Å². The Labute approximate surface area is 112 Å².